The first kappa shape index (κ1) is 16.9. The van der Waals surface area contributed by atoms with Crippen LogP contribution in [0.15, 0.2) is 59.5 Å². The number of pyridine rings is 1. The first-order valence-corrected chi connectivity index (χ1v) is 9.34. The fraction of sp³-hybridized carbons (Fsp3) is 0.167. The molecule has 0 saturated carbocycles. The fourth-order valence-corrected chi connectivity index (χ4v) is 4.33. The molecule has 0 bridgehead atoms. The van der Waals surface area contributed by atoms with E-state index < -0.39 is 26.6 Å². The average Bonchev–Trinajstić information content (AvgIpc) is 2.56. The van der Waals surface area contributed by atoms with Crippen molar-refractivity contribution in [3.8, 4) is 5.88 Å². The lowest BCUT2D eigenvalue weighted by molar-refractivity contribution is 0.0724. The summed E-state index contributed by atoms with van der Waals surface area (Å²) in [6.45, 7) is 0.184. The van der Waals surface area contributed by atoms with E-state index in [0.29, 0.717) is 11.9 Å². The summed E-state index contributed by atoms with van der Waals surface area (Å²) in [4.78, 5) is 3.97. The maximum Gasteiger partial charge on any atom is 0.243 e. The van der Waals surface area contributed by atoms with Gasteiger partial charge in [0.1, 0.15) is 17.7 Å². The van der Waals surface area contributed by atoms with E-state index in [4.69, 9.17) is 4.74 Å². The molecular weight excluding hydrogens is 362 g/mol. The quantitative estimate of drug-likeness (QED) is 0.703. The molecule has 1 aromatic heterocycles. The minimum absolute atomic E-state index is 0.0922. The lowest BCUT2D eigenvalue weighted by Gasteiger charge is -2.37. The summed E-state index contributed by atoms with van der Waals surface area (Å²) in [6.07, 6.45) is -0.364. The second kappa shape index (κ2) is 6.30. The summed E-state index contributed by atoms with van der Waals surface area (Å²) in [6, 6.07) is 13.4. The number of rotatable bonds is 4. The van der Waals surface area contributed by atoms with E-state index in [1.165, 1.54) is 0 Å². The van der Waals surface area contributed by atoms with Crippen LogP contribution in [0.2, 0.25) is 0 Å². The van der Waals surface area contributed by atoms with Gasteiger partial charge in [0.15, 0.2) is 0 Å². The van der Waals surface area contributed by atoms with Gasteiger partial charge in [0.05, 0.1) is 23.5 Å². The van der Waals surface area contributed by atoms with E-state index >= 15 is 0 Å². The molecule has 2 aromatic carbocycles. The maximum absolute atomic E-state index is 13.3. The van der Waals surface area contributed by atoms with Gasteiger partial charge < -0.3 is 4.74 Å². The molecule has 0 spiro atoms. The average molecular weight is 376 g/mol. The lowest BCUT2D eigenvalue weighted by Crippen LogP contribution is -2.56. The molecule has 1 fully saturated rings. The van der Waals surface area contributed by atoms with Crippen molar-refractivity contribution in [2.24, 2.45) is 0 Å². The van der Waals surface area contributed by atoms with Crippen LogP contribution in [0.25, 0.3) is 10.9 Å². The van der Waals surface area contributed by atoms with Crippen molar-refractivity contribution < 1.29 is 21.9 Å². The first-order valence-electron chi connectivity index (χ1n) is 7.90. The number of aromatic nitrogens is 1. The van der Waals surface area contributed by atoms with Crippen LogP contribution in [0, 0.1) is 11.6 Å². The second-order valence-corrected chi connectivity index (χ2v) is 7.95. The Bertz CT molecular complexity index is 1060. The van der Waals surface area contributed by atoms with Gasteiger partial charge in [-0.3, -0.25) is 0 Å². The molecule has 0 N–H and O–H groups in total. The normalized spacial score (nSPS) is 15.8. The van der Waals surface area contributed by atoms with Crippen molar-refractivity contribution in [3.05, 3.63) is 66.2 Å². The summed E-state index contributed by atoms with van der Waals surface area (Å²) >= 11 is 0. The van der Waals surface area contributed by atoms with E-state index in [2.05, 4.69) is 4.98 Å². The second-order valence-electron chi connectivity index (χ2n) is 6.01. The van der Waals surface area contributed by atoms with Crippen LogP contribution >= 0.6 is 0 Å². The number of benzene rings is 2. The van der Waals surface area contributed by atoms with Gasteiger partial charge in [0.25, 0.3) is 0 Å². The van der Waals surface area contributed by atoms with Crippen LogP contribution in [-0.4, -0.2) is 36.9 Å². The number of hydrogen-bond acceptors (Lipinski definition) is 4. The molecule has 1 aliphatic heterocycles. The number of fused-ring (bicyclic) bond motifs is 1. The molecule has 0 unspecified atom stereocenters. The van der Waals surface area contributed by atoms with Gasteiger partial charge in [-0.25, -0.2) is 22.2 Å². The minimum Gasteiger partial charge on any atom is -0.472 e. The minimum atomic E-state index is -3.95. The van der Waals surface area contributed by atoms with Crippen LogP contribution in [-0.2, 0) is 10.0 Å². The molecule has 8 heteroatoms. The zero-order valence-corrected chi connectivity index (χ0v) is 14.3. The molecule has 1 saturated heterocycles. The van der Waals surface area contributed by atoms with Crippen LogP contribution < -0.4 is 4.74 Å². The Labute approximate surface area is 148 Å². The fourth-order valence-electron chi connectivity index (χ4n) is 2.78. The molecular formula is C18H14F2N2O3S. The zero-order valence-electron chi connectivity index (χ0n) is 13.5. The predicted molar refractivity (Wildman–Crippen MR) is 91.3 cm³/mol. The van der Waals surface area contributed by atoms with E-state index in [1.807, 2.05) is 30.3 Å². The third-order valence-electron chi connectivity index (χ3n) is 4.15. The first-order chi connectivity index (χ1) is 12.4. The molecule has 0 aliphatic carbocycles. The molecule has 2 heterocycles. The number of halogens is 2. The van der Waals surface area contributed by atoms with Gasteiger partial charge in [-0.2, -0.15) is 4.31 Å². The van der Waals surface area contributed by atoms with Gasteiger partial charge in [-0.05, 0) is 24.3 Å². The molecule has 0 atom stereocenters. The highest BCUT2D eigenvalue weighted by Crippen LogP contribution is 2.26. The van der Waals surface area contributed by atoms with Crippen LogP contribution in [0.1, 0.15) is 0 Å². The van der Waals surface area contributed by atoms with Crippen molar-refractivity contribution in [3.63, 3.8) is 0 Å². The third kappa shape index (κ3) is 3.13. The van der Waals surface area contributed by atoms with Crippen LogP contribution in [0.5, 0.6) is 5.88 Å². The molecule has 1 aliphatic rings. The highest BCUT2D eigenvalue weighted by atomic mass is 32.2. The molecule has 3 aromatic rings. The largest absolute Gasteiger partial charge is 0.472 e. The SMILES string of the molecule is O=S(=O)(c1cc(F)cc(F)c1)N1CC(Oc2ccc3ccccc3n2)C1. The third-order valence-corrected chi connectivity index (χ3v) is 5.96. The van der Waals surface area contributed by atoms with Gasteiger partial charge in [0.2, 0.25) is 15.9 Å². The highest BCUT2D eigenvalue weighted by molar-refractivity contribution is 7.89. The van der Waals surface area contributed by atoms with Crippen molar-refractivity contribution in [2.45, 2.75) is 11.0 Å². The Balaban J connectivity index is 1.45. The molecule has 5 nitrogen and oxygen atoms in total. The molecule has 26 heavy (non-hydrogen) atoms. The Kier molecular flexibility index (Phi) is 4.08. The summed E-state index contributed by atoms with van der Waals surface area (Å²) < 4.78 is 58.2. The maximum atomic E-state index is 13.3. The monoisotopic (exact) mass is 376 g/mol. The van der Waals surface area contributed by atoms with E-state index in [-0.39, 0.29) is 19.2 Å². The van der Waals surface area contributed by atoms with Gasteiger partial charge in [-0.15, -0.1) is 0 Å². The van der Waals surface area contributed by atoms with Crippen molar-refractivity contribution in [2.75, 3.05) is 13.1 Å². The smallest absolute Gasteiger partial charge is 0.243 e. The van der Waals surface area contributed by atoms with Crippen molar-refractivity contribution in [1.29, 1.82) is 0 Å². The Hall–Kier alpha value is -2.58. The molecule has 0 radical (unpaired) electrons. The molecule has 4 rings (SSSR count). The highest BCUT2D eigenvalue weighted by Gasteiger charge is 2.38. The van der Waals surface area contributed by atoms with Gasteiger partial charge in [-0.1, -0.05) is 18.2 Å². The number of para-hydroxylation sites is 1. The Morgan fingerprint density at radius 1 is 1.00 bits per heavy atom. The summed E-state index contributed by atoms with van der Waals surface area (Å²) in [5.41, 5.74) is 0.782. The van der Waals surface area contributed by atoms with E-state index in [1.54, 1.807) is 6.07 Å². The summed E-state index contributed by atoms with van der Waals surface area (Å²) in [5, 5.41) is 0.978. The number of ether oxygens (including phenoxy) is 1. The number of nitrogens with zero attached hydrogens (tertiary/aromatic N) is 2. The summed E-state index contributed by atoms with van der Waals surface area (Å²) in [7, 11) is -3.95. The van der Waals surface area contributed by atoms with Crippen molar-refractivity contribution in [1.82, 2.24) is 9.29 Å². The van der Waals surface area contributed by atoms with E-state index in [0.717, 1.165) is 27.3 Å². The van der Waals surface area contributed by atoms with Crippen LogP contribution in [0.3, 0.4) is 0 Å². The predicted octanol–water partition coefficient (Wildman–Crippen LogP) is 2.96. The van der Waals surface area contributed by atoms with Gasteiger partial charge in [0, 0.05) is 17.5 Å². The number of sulfonamides is 1. The summed E-state index contributed by atoms with van der Waals surface area (Å²) in [5.74, 6) is -1.46. The van der Waals surface area contributed by atoms with E-state index in [9.17, 15) is 17.2 Å². The van der Waals surface area contributed by atoms with Crippen LogP contribution in [0.4, 0.5) is 8.78 Å². The Morgan fingerprint density at radius 2 is 1.69 bits per heavy atom. The standard InChI is InChI=1S/C18H14F2N2O3S/c19-13-7-14(20)9-16(8-13)26(23,24)22-10-15(11-22)25-18-6-5-12-3-1-2-4-17(12)21-18/h1-9,15H,10-11H2. The van der Waals surface area contributed by atoms with Crippen molar-refractivity contribution >= 4 is 20.9 Å². The Morgan fingerprint density at radius 3 is 2.42 bits per heavy atom. The number of hydrogen-bond donors (Lipinski definition) is 0. The van der Waals surface area contributed by atoms with Gasteiger partial charge >= 0.3 is 0 Å². The zero-order chi connectivity index (χ0) is 18.3. The lowest BCUT2D eigenvalue weighted by atomic mass is 10.2. The topological polar surface area (TPSA) is 59.5 Å². The molecule has 0 amide bonds. The molecule has 134 valence electrons.